The Bertz CT molecular complexity index is 194. The highest BCUT2D eigenvalue weighted by atomic mass is 19.1. The van der Waals surface area contributed by atoms with Gasteiger partial charge in [-0.25, -0.2) is 9.18 Å². The molecule has 0 aromatic rings. The van der Waals surface area contributed by atoms with Gasteiger partial charge in [0.1, 0.15) is 6.04 Å². The van der Waals surface area contributed by atoms with Crippen molar-refractivity contribution in [3.8, 4) is 0 Å². The molecule has 4 nitrogen and oxygen atoms in total. The minimum absolute atomic E-state index is 0.120. The number of esters is 1. The Balaban J connectivity index is 2.53. The molecule has 0 aliphatic carbocycles. The number of hydrogen-bond donors (Lipinski definition) is 1. The van der Waals surface area contributed by atoms with Crippen molar-refractivity contribution in [2.24, 2.45) is 0 Å². The molecule has 0 saturated carbocycles. The molecule has 5 heteroatoms. The number of carbonyl (C=O) groups is 2. The quantitative estimate of drug-likeness (QED) is 0.522. The van der Waals surface area contributed by atoms with Crippen LogP contribution in [0.3, 0.4) is 0 Å². The van der Waals surface area contributed by atoms with Gasteiger partial charge in [0, 0.05) is 6.42 Å². The first-order chi connectivity index (χ1) is 5.15. The molecule has 1 aliphatic rings. The first kappa shape index (κ1) is 7.97. The van der Waals surface area contributed by atoms with Crippen LogP contribution >= 0.6 is 0 Å². The van der Waals surface area contributed by atoms with Crippen LogP contribution in [-0.2, 0) is 14.3 Å². The zero-order valence-corrected chi connectivity index (χ0v) is 5.96. The predicted molar refractivity (Wildman–Crippen MR) is 33.5 cm³/mol. The normalized spacial score (nSPS) is 29.8. The van der Waals surface area contributed by atoms with Crippen molar-refractivity contribution >= 4 is 11.9 Å². The summed E-state index contributed by atoms with van der Waals surface area (Å²) in [5.41, 5.74) is 0. The van der Waals surface area contributed by atoms with E-state index in [0.717, 1.165) is 0 Å². The Hall–Kier alpha value is -1.13. The monoisotopic (exact) mass is 161 g/mol. The van der Waals surface area contributed by atoms with Gasteiger partial charge in [0.25, 0.3) is 5.91 Å². The first-order valence-electron chi connectivity index (χ1n) is 3.17. The minimum atomic E-state index is -1.57. The first-order valence-corrected chi connectivity index (χ1v) is 3.17. The van der Waals surface area contributed by atoms with Gasteiger partial charge < -0.3 is 10.1 Å². The van der Waals surface area contributed by atoms with Gasteiger partial charge >= 0.3 is 5.97 Å². The smallest absolute Gasteiger partial charge is 0.328 e. The van der Waals surface area contributed by atoms with Gasteiger partial charge in [-0.05, 0) is 0 Å². The third-order valence-electron chi connectivity index (χ3n) is 1.53. The van der Waals surface area contributed by atoms with Crippen LogP contribution in [-0.4, -0.2) is 31.2 Å². The highest BCUT2D eigenvalue weighted by Crippen LogP contribution is 2.11. The average Bonchev–Trinajstić information content (AvgIpc) is 2.31. The SMILES string of the molecule is COC(=O)C1CC(F)C(=O)N1. The van der Waals surface area contributed by atoms with Crippen LogP contribution in [0, 0.1) is 0 Å². The molecule has 1 amide bonds. The fraction of sp³-hybridized carbons (Fsp3) is 0.667. The number of amides is 1. The molecule has 0 spiro atoms. The third-order valence-corrected chi connectivity index (χ3v) is 1.53. The van der Waals surface area contributed by atoms with E-state index in [1.54, 1.807) is 0 Å². The number of methoxy groups -OCH3 is 1. The van der Waals surface area contributed by atoms with Gasteiger partial charge in [0.15, 0.2) is 6.17 Å². The summed E-state index contributed by atoms with van der Waals surface area (Å²) in [5, 5.41) is 2.17. The Morgan fingerprint density at radius 1 is 1.82 bits per heavy atom. The molecule has 1 aliphatic heterocycles. The summed E-state index contributed by atoms with van der Waals surface area (Å²) in [6.45, 7) is 0. The van der Waals surface area contributed by atoms with Crippen molar-refractivity contribution in [3.63, 3.8) is 0 Å². The van der Waals surface area contributed by atoms with Crippen molar-refractivity contribution in [3.05, 3.63) is 0 Å². The molecule has 0 radical (unpaired) electrons. The van der Waals surface area contributed by atoms with Crippen molar-refractivity contribution in [1.29, 1.82) is 0 Å². The van der Waals surface area contributed by atoms with Gasteiger partial charge in [0.05, 0.1) is 7.11 Å². The van der Waals surface area contributed by atoms with Crippen LogP contribution in [0.2, 0.25) is 0 Å². The second-order valence-electron chi connectivity index (χ2n) is 2.29. The summed E-state index contributed by atoms with van der Waals surface area (Å²) < 4.78 is 16.8. The lowest BCUT2D eigenvalue weighted by Crippen LogP contribution is -2.34. The molecule has 1 heterocycles. The van der Waals surface area contributed by atoms with E-state index in [-0.39, 0.29) is 6.42 Å². The summed E-state index contributed by atoms with van der Waals surface area (Å²) >= 11 is 0. The highest BCUT2D eigenvalue weighted by molar-refractivity contribution is 5.90. The van der Waals surface area contributed by atoms with Gasteiger partial charge in [-0.2, -0.15) is 0 Å². The summed E-state index contributed by atoms with van der Waals surface area (Å²) in [6, 6.07) is -0.803. The molecule has 0 aromatic heterocycles. The Kier molecular flexibility index (Phi) is 2.07. The lowest BCUT2D eigenvalue weighted by atomic mass is 10.2. The van der Waals surface area contributed by atoms with Gasteiger partial charge in [0.2, 0.25) is 0 Å². The largest absolute Gasteiger partial charge is 0.467 e. The molecular weight excluding hydrogens is 153 g/mol. The Morgan fingerprint density at radius 2 is 2.45 bits per heavy atom. The van der Waals surface area contributed by atoms with E-state index in [1.807, 2.05) is 0 Å². The van der Waals surface area contributed by atoms with E-state index >= 15 is 0 Å². The van der Waals surface area contributed by atoms with Crippen LogP contribution < -0.4 is 5.32 Å². The topological polar surface area (TPSA) is 55.4 Å². The number of rotatable bonds is 1. The van der Waals surface area contributed by atoms with E-state index in [4.69, 9.17) is 0 Å². The molecule has 0 aromatic carbocycles. The number of carbonyl (C=O) groups excluding carboxylic acids is 2. The Labute approximate surface area is 62.7 Å². The number of ether oxygens (including phenoxy) is 1. The zero-order valence-electron chi connectivity index (χ0n) is 5.96. The zero-order chi connectivity index (χ0) is 8.43. The summed E-state index contributed by atoms with van der Waals surface area (Å²) in [6.07, 6.45) is -1.69. The van der Waals surface area contributed by atoms with E-state index in [9.17, 15) is 14.0 Å². The highest BCUT2D eigenvalue weighted by Gasteiger charge is 2.36. The second-order valence-corrected chi connectivity index (χ2v) is 2.29. The van der Waals surface area contributed by atoms with Crippen LogP contribution in [0.5, 0.6) is 0 Å². The van der Waals surface area contributed by atoms with E-state index in [2.05, 4.69) is 10.1 Å². The molecule has 2 unspecified atom stereocenters. The molecule has 1 fully saturated rings. The lowest BCUT2D eigenvalue weighted by molar-refractivity contribution is -0.143. The maximum atomic E-state index is 12.4. The number of hydrogen-bond acceptors (Lipinski definition) is 3. The van der Waals surface area contributed by atoms with Crippen molar-refractivity contribution < 1.29 is 18.7 Å². The molecule has 1 N–H and O–H groups in total. The maximum Gasteiger partial charge on any atom is 0.328 e. The van der Waals surface area contributed by atoms with Crippen LogP contribution in [0.15, 0.2) is 0 Å². The standard InChI is InChI=1S/C6H8FNO3/c1-11-6(10)4-2-3(7)5(9)8-4/h3-4H,2H2,1H3,(H,8,9). The Morgan fingerprint density at radius 3 is 2.82 bits per heavy atom. The van der Waals surface area contributed by atoms with Crippen LogP contribution in [0.4, 0.5) is 4.39 Å². The summed E-state index contributed by atoms with van der Waals surface area (Å²) in [4.78, 5) is 21.2. The average molecular weight is 161 g/mol. The molecule has 62 valence electrons. The fourth-order valence-electron chi connectivity index (χ4n) is 0.932. The van der Waals surface area contributed by atoms with Crippen LogP contribution in [0.1, 0.15) is 6.42 Å². The van der Waals surface area contributed by atoms with Gasteiger partial charge in [-0.15, -0.1) is 0 Å². The summed E-state index contributed by atoms with van der Waals surface area (Å²) in [7, 11) is 1.19. The van der Waals surface area contributed by atoms with Gasteiger partial charge in [-0.3, -0.25) is 4.79 Å². The van der Waals surface area contributed by atoms with E-state index < -0.39 is 24.1 Å². The fourth-order valence-corrected chi connectivity index (χ4v) is 0.932. The minimum Gasteiger partial charge on any atom is -0.467 e. The molecule has 2 atom stereocenters. The molecule has 1 saturated heterocycles. The molecular formula is C6H8FNO3. The van der Waals surface area contributed by atoms with E-state index in [1.165, 1.54) is 7.11 Å². The third kappa shape index (κ3) is 1.47. The van der Waals surface area contributed by atoms with Crippen molar-refractivity contribution in [1.82, 2.24) is 5.32 Å². The molecule has 1 rings (SSSR count). The van der Waals surface area contributed by atoms with Crippen LogP contribution in [0.25, 0.3) is 0 Å². The predicted octanol–water partition coefficient (Wildman–Crippen LogP) is -0.614. The van der Waals surface area contributed by atoms with Gasteiger partial charge in [-0.1, -0.05) is 0 Å². The number of halogens is 1. The lowest BCUT2D eigenvalue weighted by Gasteiger charge is -2.04. The van der Waals surface area contributed by atoms with Crippen molar-refractivity contribution in [2.45, 2.75) is 18.6 Å². The molecule has 11 heavy (non-hydrogen) atoms. The maximum absolute atomic E-state index is 12.4. The molecule has 0 bridgehead atoms. The van der Waals surface area contributed by atoms with Crippen molar-refractivity contribution in [2.75, 3.05) is 7.11 Å². The second kappa shape index (κ2) is 2.86. The van der Waals surface area contributed by atoms with E-state index in [0.29, 0.717) is 0 Å². The number of nitrogens with one attached hydrogen (secondary N) is 1. The number of alkyl halides is 1. The summed E-state index contributed by atoms with van der Waals surface area (Å²) in [5.74, 6) is -1.33.